The van der Waals surface area contributed by atoms with Crippen LogP contribution in [0.15, 0.2) is 24.3 Å². The Balaban J connectivity index is 1.72. The molecule has 116 valence electrons. The number of hydrogen-bond acceptors (Lipinski definition) is 3. The first-order chi connectivity index (χ1) is 10.2. The van der Waals surface area contributed by atoms with Crippen LogP contribution in [-0.4, -0.2) is 26.1 Å². The van der Waals surface area contributed by atoms with Crippen molar-refractivity contribution >= 4 is 11.6 Å². The Morgan fingerprint density at radius 3 is 2.90 bits per heavy atom. The SMILES string of the molecule is COc1ccccc1NC(=O)CNCC1CCCC(C)C1. The first kappa shape index (κ1) is 15.8. The molecule has 2 rings (SSSR count). The molecule has 0 spiro atoms. The number of hydrogen-bond donors (Lipinski definition) is 2. The monoisotopic (exact) mass is 290 g/mol. The van der Waals surface area contributed by atoms with Gasteiger partial charge in [0.15, 0.2) is 0 Å². The number of carbonyl (C=O) groups is 1. The minimum absolute atomic E-state index is 0.0247. The lowest BCUT2D eigenvalue weighted by Crippen LogP contribution is -2.33. The zero-order valence-corrected chi connectivity index (χ0v) is 13.0. The third kappa shape index (κ3) is 5.05. The summed E-state index contributed by atoms with van der Waals surface area (Å²) in [5.74, 6) is 2.20. The van der Waals surface area contributed by atoms with Crippen LogP contribution in [0.5, 0.6) is 5.75 Å². The van der Waals surface area contributed by atoms with Crippen LogP contribution in [0.2, 0.25) is 0 Å². The molecule has 0 aliphatic heterocycles. The number of benzene rings is 1. The molecule has 1 aliphatic carbocycles. The maximum atomic E-state index is 12.0. The van der Waals surface area contributed by atoms with E-state index in [1.54, 1.807) is 7.11 Å². The van der Waals surface area contributed by atoms with E-state index in [9.17, 15) is 4.79 Å². The Hall–Kier alpha value is -1.55. The first-order valence-corrected chi connectivity index (χ1v) is 7.82. The van der Waals surface area contributed by atoms with Crippen LogP contribution in [0, 0.1) is 11.8 Å². The lowest BCUT2D eigenvalue weighted by atomic mass is 9.82. The maximum absolute atomic E-state index is 12.0. The Labute approximate surface area is 127 Å². The second-order valence-corrected chi connectivity index (χ2v) is 6.02. The smallest absolute Gasteiger partial charge is 0.238 e. The van der Waals surface area contributed by atoms with E-state index in [4.69, 9.17) is 4.74 Å². The zero-order valence-electron chi connectivity index (χ0n) is 13.0. The number of methoxy groups -OCH3 is 1. The quantitative estimate of drug-likeness (QED) is 0.846. The summed E-state index contributed by atoms with van der Waals surface area (Å²) in [6.45, 7) is 3.60. The van der Waals surface area contributed by atoms with E-state index in [2.05, 4.69) is 17.6 Å². The summed E-state index contributed by atoms with van der Waals surface area (Å²) in [6.07, 6.45) is 5.23. The lowest BCUT2D eigenvalue weighted by molar-refractivity contribution is -0.115. The van der Waals surface area contributed by atoms with Gasteiger partial charge in [-0.1, -0.05) is 31.9 Å². The molecule has 1 amide bonds. The van der Waals surface area contributed by atoms with Crippen molar-refractivity contribution in [1.82, 2.24) is 5.32 Å². The zero-order chi connectivity index (χ0) is 15.1. The molecule has 1 aromatic carbocycles. The van der Waals surface area contributed by atoms with Crippen LogP contribution in [0.3, 0.4) is 0 Å². The van der Waals surface area contributed by atoms with E-state index in [1.807, 2.05) is 24.3 Å². The molecule has 21 heavy (non-hydrogen) atoms. The van der Waals surface area contributed by atoms with Crippen molar-refractivity contribution in [2.24, 2.45) is 11.8 Å². The summed E-state index contributed by atoms with van der Waals surface area (Å²) in [5.41, 5.74) is 0.720. The third-order valence-corrected chi connectivity index (χ3v) is 4.14. The van der Waals surface area contributed by atoms with Gasteiger partial charge in [-0.05, 0) is 43.4 Å². The van der Waals surface area contributed by atoms with Crippen LogP contribution >= 0.6 is 0 Å². The molecule has 4 nitrogen and oxygen atoms in total. The normalized spacial score (nSPS) is 21.8. The van der Waals surface area contributed by atoms with Crippen LogP contribution in [-0.2, 0) is 4.79 Å². The summed E-state index contributed by atoms with van der Waals surface area (Å²) < 4.78 is 5.22. The van der Waals surface area contributed by atoms with Gasteiger partial charge in [-0.15, -0.1) is 0 Å². The maximum Gasteiger partial charge on any atom is 0.238 e. The van der Waals surface area contributed by atoms with E-state index in [0.717, 1.165) is 18.2 Å². The molecular weight excluding hydrogens is 264 g/mol. The minimum atomic E-state index is -0.0247. The minimum Gasteiger partial charge on any atom is -0.495 e. The summed E-state index contributed by atoms with van der Waals surface area (Å²) in [6, 6.07) is 7.46. The fraction of sp³-hybridized carbons (Fsp3) is 0.588. The number of carbonyl (C=O) groups excluding carboxylic acids is 1. The van der Waals surface area contributed by atoms with Crippen molar-refractivity contribution in [2.45, 2.75) is 32.6 Å². The molecule has 2 unspecified atom stereocenters. The van der Waals surface area contributed by atoms with E-state index < -0.39 is 0 Å². The predicted octanol–water partition coefficient (Wildman–Crippen LogP) is 3.05. The van der Waals surface area contributed by atoms with Gasteiger partial charge in [0.05, 0.1) is 19.3 Å². The molecule has 0 radical (unpaired) electrons. The van der Waals surface area contributed by atoms with Gasteiger partial charge in [0.2, 0.25) is 5.91 Å². The molecule has 1 aliphatic rings. The molecule has 1 saturated carbocycles. The van der Waals surface area contributed by atoms with Gasteiger partial charge in [0.1, 0.15) is 5.75 Å². The molecule has 1 fully saturated rings. The summed E-state index contributed by atoms with van der Waals surface area (Å²) >= 11 is 0. The second kappa shape index (κ2) is 8.03. The highest BCUT2D eigenvalue weighted by Crippen LogP contribution is 2.27. The average Bonchev–Trinajstić information content (AvgIpc) is 2.48. The Morgan fingerprint density at radius 1 is 1.33 bits per heavy atom. The molecule has 0 saturated heterocycles. The van der Waals surface area contributed by atoms with Crippen LogP contribution < -0.4 is 15.4 Å². The van der Waals surface area contributed by atoms with Gasteiger partial charge in [0, 0.05) is 0 Å². The van der Waals surface area contributed by atoms with Crippen molar-refractivity contribution < 1.29 is 9.53 Å². The van der Waals surface area contributed by atoms with Crippen LogP contribution in [0.1, 0.15) is 32.6 Å². The van der Waals surface area contributed by atoms with E-state index >= 15 is 0 Å². The Morgan fingerprint density at radius 2 is 2.14 bits per heavy atom. The highest BCUT2D eigenvalue weighted by molar-refractivity contribution is 5.93. The molecule has 0 bridgehead atoms. The van der Waals surface area contributed by atoms with Gasteiger partial charge in [-0.25, -0.2) is 0 Å². The van der Waals surface area contributed by atoms with Gasteiger partial charge >= 0.3 is 0 Å². The topological polar surface area (TPSA) is 50.4 Å². The van der Waals surface area contributed by atoms with Crippen molar-refractivity contribution in [3.05, 3.63) is 24.3 Å². The number of ether oxygens (including phenoxy) is 1. The van der Waals surface area contributed by atoms with Gasteiger partial charge in [-0.2, -0.15) is 0 Å². The highest BCUT2D eigenvalue weighted by Gasteiger charge is 2.18. The van der Waals surface area contributed by atoms with Crippen molar-refractivity contribution in [2.75, 3.05) is 25.5 Å². The number of para-hydroxylation sites is 2. The highest BCUT2D eigenvalue weighted by atomic mass is 16.5. The molecular formula is C17H26N2O2. The molecule has 2 N–H and O–H groups in total. The van der Waals surface area contributed by atoms with Crippen molar-refractivity contribution in [1.29, 1.82) is 0 Å². The van der Waals surface area contributed by atoms with E-state index in [1.165, 1.54) is 25.7 Å². The predicted molar refractivity (Wildman–Crippen MR) is 85.6 cm³/mol. The Kier molecular flexibility index (Phi) is 6.05. The van der Waals surface area contributed by atoms with Gasteiger partial charge in [-0.3, -0.25) is 4.79 Å². The van der Waals surface area contributed by atoms with Crippen LogP contribution in [0.25, 0.3) is 0 Å². The molecule has 2 atom stereocenters. The van der Waals surface area contributed by atoms with E-state index in [-0.39, 0.29) is 5.91 Å². The third-order valence-electron chi connectivity index (χ3n) is 4.14. The summed E-state index contributed by atoms with van der Waals surface area (Å²) in [7, 11) is 1.60. The number of rotatable bonds is 6. The first-order valence-electron chi connectivity index (χ1n) is 7.82. The fourth-order valence-corrected chi connectivity index (χ4v) is 3.08. The number of nitrogens with one attached hydrogen (secondary N) is 2. The standard InChI is InChI=1S/C17H26N2O2/c1-13-6-5-7-14(10-13)11-18-12-17(20)19-15-8-3-4-9-16(15)21-2/h3-4,8-9,13-14,18H,5-7,10-12H2,1-2H3,(H,19,20). The molecule has 0 aromatic heterocycles. The summed E-state index contributed by atoms with van der Waals surface area (Å²) in [4.78, 5) is 12.0. The molecule has 1 aromatic rings. The summed E-state index contributed by atoms with van der Waals surface area (Å²) in [5, 5.41) is 6.16. The Bertz CT molecular complexity index is 462. The van der Waals surface area contributed by atoms with Crippen LogP contribution in [0.4, 0.5) is 5.69 Å². The van der Waals surface area contributed by atoms with Gasteiger partial charge < -0.3 is 15.4 Å². The van der Waals surface area contributed by atoms with E-state index in [0.29, 0.717) is 18.2 Å². The number of amides is 1. The number of anilines is 1. The lowest BCUT2D eigenvalue weighted by Gasteiger charge is -2.26. The average molecular weight is 290 g/mol. The van der Waals surface area contributed by atoms with Gasteiger partial charge in [0.25, 0.3) is 0 Å². The second-order valence-electron chi connectivity index (χ2n) is 6.02. The van der Waals surface area contributed by atoms with Crippen molar-refractivity contribution in [3.63, 3.8) is 0 Å². The van der Waals surface area contributed by atoms with Crippen molar-refractivity contribution in [3.8, 4) is 5.75 Å². The molecule has 0 heterocycles. The molecule has 4 heteroatoms. The largest absolute Gasteiger partial charge is 0.495 e. The fourth-order valence-electron chi connectivity index (χ4n) is 3.08.